The molecule has 0 radical (unpaired) electrons. The smallest absolute Gasteiger partial charge is 0.00190 e. The van der Waals surface area contributed by atoms with Crippen LogP contribution in [0, 0.1) is 12.8 Å². The zero-order valence-corrected chi connectivity index (χ0v) is 11.8. The van der Waals surface area contributed by atoms with Crippen molar-refractivity contribution >= 4 is 0 Å². The highest BCUT2D eigenvalue weighted by molar-refractivity contribution is 5.39. The molecular weight excluding hydrogens is 218 g/mol. The van der Waals surface area contributed by atoms with E-state index in [9.17, 15) is 0 Å². The Labute approximate surface area is 111 Å². The predicted molar refractivity (Wildman–Crippen MR) is 77.1 cm³/mol. The van der Waals surface area contributed by atoms with Gasteiger partial charge in [-0.1, -0.05) is 25.0 Å². The summed E-state index contributed by atoms with van der Waals surface area (Å²) in [6.45, 7) is 4.74. The molecule has 3 rings (SSSR count). The molecule has 0 amide bonds. The standard InChI is InChI=1S/C17H25N/c1-13-11-16-7-9-18(2)10-8-17(16)12-15(13)6-5-14-3-4-14/h11-12,14H,3-10H2,1-2H3. The summed E-state index contributed by atoms with van der Waals surface area (Å²) >= 11 is 0. The molecular formula is C17H25N. The fraction of sp³-hybridized carbons (Fsp3) is 0.647. The van der Waals surface area contributed by atoms with Crippen LogP contribution in [0.1, 0.15) is 41.5 Å². The van der Waals surface area contributed by atoms with Gasteiger partial charge in [0.05, 0.1) is 0 Å². The SMILES string of the molecule is Cc1cc2c(cc1CCC1CC1)CCN(C)CC2. The van der Waals surface area contributed by atoms with Crippen molar-refractivity contribution in [3.63, 3.8) is 0 Å². The fourth-order valence-electron chi connectivity index (χ4n) is 3.10. The van der Waals surface area contributed by atoms with Crippen molar-refractivity contribution < 1.29 is 0 Å². The van der Waals surface area contributed by atoms with E-state index in [0.29, 0.717) is 0 Å². The molecule has 1 saturated carbocycles. The van der Waals surface area contributed by atoms with Crippen molar-refractivity contribution in [1.29, 1.82) is 0 Å². The minimum atomic E-state index is 1.05. The van der Waals surface area contributed by atoms with Crippen LogP contribution in [0.2, 0.25) is 0 Å². The van der Waals surface area contributed by atoms with Gasteiger partial charge in [0.1, 0.15) is 0 Å². The highest BCUT2D eigenvalue weighted by Crippen LogP contribution is 2.34. The third-order valence-electron chi connectivity index (χ3n) is 4.70. The van der Waals surface area contributed by atoms with E-state index in [2.05, 4.69) is 31.0 Å². The molecule has 1 heterocycles. The second-order valence-electron chi connectivity index (χ2n) is 6.33. The summed E-state index contributed by atoms with van der Waals surface area (Å²) in [4.78, 5) is 2.46. The largest absolute Gasteiger partial charge is 0.306 e. The molecule has 0 N–H and O–H groups in total. The second-order valence-corrected chi connectivity index (χ2v) is 6.33. The molecule has 98 valence electrons. The Kier molecular flexibility index (Phi) is 3.43. The molecule has 0 unspecified atom stereocenters. The number of benzene rings is 1. The third kappa shape index (κ3) is 2.77. The van der Waals surface area contributed by atoms with Crippen LogP contribution < -0.4 is 0 Å². The molecule has 0 saturated heterocycles. The van der Waals surface area contributed by atoms with Gasteiger partial charge in [-0.15, -0.1) is 0 Å². The van der Waals surface area contributed by atoms with Crippen LogP contribution in [0.25, 0.3) is 0 Å². The van der Waals surface area contributed by atoms with E-state index in [1.165, 1.54) is 57.2 Å². The number of fused-ring (bicyclic) bond motifs is 1. The molecule has 0 spiro atoms. The summed E-state index contributed by atoms with van der Waals surface area (Å²) in [6.07, 6.45) is 8.15. The minimum absolute atomic E-state index is 1.05. The highest BCUT2D eigenvalue weighted by atomic mass is 15.1. The zero-order chi connectivity index (χ0) is 12.5. The van der Waals surface area contributed by atoms with Gasteiger partial charge in [-0.3, -0.25) is 0 Å². The van der Waals surface area contributed by atoms with Gasteiger partial charge < -0.3 is 4.90 Å². The molecule has 1 aliphatic heterocycles. The first-order valence-electron chi connectivity index (χ1n) is 7.52. The van der Waals surface area contributed by atoms with E-state index < -0.39 is 0 Å². The van der Waals surface area contributed by atoms with E-state index in [-0.39, 0.29) is 0 Å². The first-order chi connectivity index (χ1) is 8.72. The maximum atomic E-state index is 2.52. The van der Waals surface area contributed by atoms with E-state index in [0.717, 1.165) is 5.92 Å². The highest BCUT2D eigenvalue weighted by Gasteiger charge is 2.21. The number of aryl methyl sites for hydroxylation is 2. The summed E-state index contributed by atoms with van der Waals surface area (Å²) in [5.74, 6) is 1.05. The van der Waals surface area contributed by atoms with Gasteiger partial charge in [-0.05, 0) is 67.8 Å². The van der Waals surface area contributed by atoms with Gasteiger partial charge >= 0.3 is 0 Å². The number of hydrogen-bond acceptors (Lipinski definition) is 1. The van der Waals surface area contributed by atoms with Crippen molar-refractivity contribution in [3.05, 3.63) is 34.4 Å². The molecule has 0 bridgehead atoms. The molecule has 2 aliphatic rings. The number of rotatable bonds is 3. The van der Waals surface area contributed by atoms with Crippen molar-refractivity contribution in [3.8, 4) is 0 Å². The first-order valence-corrected chi connectivity index (χ1v) is 7.52. The maximum absolute atomic E-state index is 2.52. The van der Waals surface area contributed by atoms with Crippen LogP contribution in [0.3, 0.4) is 0 Å². The molecule has 18 heavy (non-hydrogen) atoms. The monoisotopic (exact) mass is 243 g/mol. The predicted octanol–water partition coefficient (Wildman–Crippen LogP) is 3.37. The van der Waals surface area contributed by atoms with E-state index in [1.807, 2.05) is 0 Å². The lowest BCUT2D eigenvalue weighted by atomic mass is 9.93. The van der Waals surface area contributed by atoms with Gasteiger partial charge in [-0.25, -0.2) is 0 Å². The average Bonchev–Trinajstić information content (AvgIpc) is 3.17. The lowest BCUT2D eigenvalue weighted by Crippen LogP contribution is -2.20. The normalized spacial score (nSPS) is 20.6. The summed E-state index contributed by atoms with van der Waals surface area (Å²) in [7, 11) is 2.24. The molecule has 1 heteroatoms. The maximum Gasteiger partial charge on any atom is 0.00190 e. The Bertz CT molecular complexity index is 431. The van der Waals surface area contributed by atoms with Gasteiger partial charge in [0.2, 0.25) is 0 Å². The summed E-state index contributed by atoms with van der Waals surface area (Å²) in [5.41, 5.74) is 6.37. The Balaban J connectivity index is 1.78. The van der Waals surface area contributed by atoms with Gasteiger partial charge in [0.15, 0.2) is 0 Å². The molecule has 1 aliphatic carbocycles. The van der Waals surface area contributed by atoms with Gasteiger partial charge in [0.25, 0.3) is 0 Å². The quantitative estimate of drug-likeness (QED) is 0.787. The Morgan fingerprint density at radius 1 is 1.11 bits per heavy atom. The molecule has 1 aromatic rings. The number of likely N-dealkylation sites (N-methyl/N-ethyl adjacent to an activating group) is 1. The van der Waals surface area contributed by atoms with Crippen LogP contribution in [-0.4, -0.2) is 25.0 Å². The Morgan fingerprint density at radius 2 is 1.78 bits per heavy atom. The molecule has 0 aromatic heterocycles. The topological polar surface area (TPSA) is 3.24 Å². The van der Waals surface area contributed by atoms with E-state index in [1.54, 1.807) is 16.7 Å². The number of hydrogen-bond donors (Lipinski definition) is 0. The molecule has 1 nitrogen and oxygen atoms in total. The zero-order valence-electron chi connectivity index (χ0n) is 11.8. The van der Waals surface area contributed by atoms with Crippen molar-refractivity contribution in [2.45, 2.75) is 45.4 Å². The molecule has 0 atom stereocenters. The van der Waals surface area contributed by atoms with Gasteiger partial charge in [-0.2, -0.15) is 0 Å². The first kappa shape index (κ1) is 12.2. The summed E-state index contributed by atoms with van der Waals surface area (Å²) in [5, 5.41) is 0. The molecule has 1 aromatic carbocycles. The Morgan fingerprint density at radius 3 is 2.44 bits per heavy atom. The fourth-order valence-corrected chi connectivity index (χ4v) is 3.10. The second kappa shape index (κ2) is 5.05. The number of nitrogens with zero attached hydrogens (tertiary/aromatic N) is 1. The van der Waals surface area contributed by atoms with Crippen LogP contribution in [0.4, 0.5) is 0 Å². The van der Waals surface area contributed by atoms with Crippen molar-refractivity contribution in [1.82, 2.24) is 4.90 Å². The Hall–Kier alpha value is -0.820. The summed E-state index contributed by atoms with van der Waals surface area (Å²) < 4.78 is 0. The van der Waals surface area contributed by atoms with E-state index in [4.69, 9.17) is 0 Å². The molecule has 1 fully saturated rings. The van der Waals surface area contributed by atoms with Crippen LogP contribution >= 0.6 is 0 Å². The third-order valence-corrected chi connectivity index (χ3v) is 4.70. The van der Waals surface area contributed by atoms with Crippen molar-refractivity contribution in [2.24, 2.45) is 5.92 Å². The van der Waals surface area contributed by atoms with Crippen LogP contribution in [0.15, 0.2) is 12.1 Å². The average molecular weight is 243 g/mol. The lowest BCUT2D eigenvalue weighted by Gasteiger charge is -2.12. The van der Waals surface area contributed by atoms with Gasteiger partial charge in [0, 0.05) is 13.1 Å². The lowest BCUT2D eigenvalue weighted by molar-refractivity contribution is 0.352. The van der Waals surface area contributed by atoms with Crippen molar-refractivity contribution in [2.75, 3.05) is 20.1 Å². The summed E-state index contributed by atoms with van der Waals surface area (Å²) in [6, 6.07) is 4.99. The van der Waals surface area contributed by atoms with Crippen LogP contribution in [0.5, 0.6) is 0 Å². The van der Waals surface area contributed by atoms with Crippen LogP contribution in [-0.2, 0) is 19.3 Å². The minimum Gasteiger partial charge on any atom is -0.306 e. The van der Waals surface area contributed by atoms with E-state index >= 15 is 0 Å².